The number of benzene rings is 3. The maximum absolute atomic E-state index is 13.2. The zero-order chi connectivity index (χ0) is 20.7. The van der Waals surface area contributed by atoms with Gasteiger partial charge in [0, 0.05) is 17.6 Å². The van der Waals surface area contributed by atoms with Gasteiger partial charge in [-0.05, 0) is 42.3 Å². The molecule has 5 rings (SSSR count). The van der Waals surface area contributed by atoms with Gasteiger partial charge < -0.3 is 9.15 Å². The minimum absolute atomic E-state index is 0.0606. The number of rotatable bonds is 3. The van der Waals surface area contributed by atoms with Crippen molar-refractivity contribution in [2.45, 2.75) is 19.5 Å². The number of hydrogen-bond donors (Lipinski definition) is 0. The fraction of sp³-hybridized carbons (Fsp3) is 0.160. The number of halogens is 1. The molecule has 0 saturated carbocycles. The van der Waals surface area contributed by atoms with Crippen molar-refractivity contribution in [2.75, 3.05) is 6.73 Å². The number of fused-ring (bicyclic) bond motifs is 3. The van der Waals surface area contributed by atoms with E-state index in [0.29, 0.717) is 34.8 Å². The zero-order valence-electron chi connectivity index (χ0n) is 16.5. The lowest BCUT2D eigenvalue weighted by atomic mass is 10.0. The highest BCUT2D eigenvalue weighted by atomic mass is 35.5. The molecule has 150 valence electrons. The summed E-state index contributed by atoms with van der Waals surface area (Å²) in [6.45, 7) is 3.29. The van der Waals surface area contributed by atoms with E-state index in [9.17, 15) is 4.79 Å². The summed E-state index contributed by atoms with van der Waals surface area (Å²) in [5.74, 6) is 0.765. The summed E-state index contributed by atoms with van der Waals surface area (Å²) in [6.07, 6.45) is 1.54. The highest BCUT2D eigenvalue weighted by Gasteiger charge is 2.26. The number of nitrogens with zero attached hydrogens (tertiary/aromatic N) is 1. The van der Waals surface area contributed by atoms with E-state index >= 15 is 0 Å². The van der Waals surface area contributed by atoms with Crippen LogP contribution in [0.3, 0.4) is 0 Å². The number of ether oxygens (including phenoxy) is 1. The van der Waals surface area contributed by atoms with Crippen LogP contribution in [0.15, 0.2) is 82.2 Å². The van der Waals surface area contributed by atoms with Gasteiger partial charge in [-0.25, -0.2) is 0 Å². The summed E-state index contributed by atoms with van der Waals surface area (Å²) >= 11 is 5.98. The molecule has 0 spiro atoms. The van der Waals surface area contributed by atoms with E-state index in [0.717, 1.165) is 16.9 Å². The molecule has 5 heteroatoms. The van der Waals surface area contributed by atoms with E-state index in [4.69, 9.17) is 20.8 Å². The number of hydrogen-bond acceptors (Lipinski definition) is 4. The van der Waals surface area contributed by atoms with Gasteiger partial charge in [0.05, 0.1) is 16.5 Å². The van der Waals surface area contributed by atoms with Crippen LogP contribution in [0.1, 0.15) is 24.1 Å². The smallest absolute Gasteiger partial charge is 0.200 e. The standard InChI is InChI=1S/C25H20ClNO3/c1-16(17-5-3-2-4-6-17)27-13-21-23(30-15-27)12-11-20-24(28)22(14-29-25(20)21)18-7-9-19(26)10-8-18/h2-12,14,16H,13,15H2,1H3. The van der Waals surface area contributed by atoms with Gasteiger partial charge in [-0.15, -0.1) is 0 Å². The van der Waals surface area contributed by atoms with Crippen molar-refractivity contribution in [3.05, 3.63) is 99.4 Å². The molecule has 4 aromatic rings. The third kappa shape index (κ3) is 3.28. The van der Waals surface area contributed by atoms with Gasteiger partial charge in [-0.2, -0.15) is 0 Å². The molecular formula is C25H20ClNO3. The first-order valence-electron chi connectivity index (χ1n) is 9.87. The molecule has 0 fully saturated rings. The molecule has 0 amide bonds. The first-order valence-corrected chi connectivity index (χ1v) is 10.2. The second-order valence-electron chi connectivity index (χ2n) is 7.51. The Bertz CT molecular complexity index is 1270. The van der Waals surface area contributed by atoms with Crippen molar-refractivity contribution in [3.63, 3.8) is 0 Å². The molecule has 0 bridgehead atoms. The van der Waals surface area contributed by atoms with E-state index in [2.05, 4.69) is 24.0 Å². The Morgan fingerprint density at radius 3 is 2.53 bits per heavy atom. The lowest BCUT2D eigenvalue weighted by molar-refractivity contribution is 0.0620. The maximum atomic E-state index is 13.2. The Hall–Kier alpha value is -3.08. The predicted octanol–water partition coefficient (Wildman–Crippen LogP) is 6.03. The molecule has 0 saturated heterocycles. The van der Waals surface area contributed by atoms with Gasteiger partial charge in [-0.3, -0.25) is 9.69 Å². The molecule has 1 aliphatic rings. The Kier molecular flexibility index (Phi) is 4.81. The summed E-state index contributed by atoms with van der Waals surface area (Å²) in [7, 11) is 0. The van der Waals surface area contributed by atoms with Crippen LogP contribution >= 0.6 is 11.6 Å². The molecule has 3 aromatic carbocycles. The molecule has 4 nitrogen and oxygen atoms in total. The highest BCUT2D eigenvalue weighted by Crippen LogP contribution is 2.35. The molecule has 0 N–H and O–H groups in total. The van der Waals surface area contributed by atoms with Crippen molar-refractivity contribution in [3.8, 4) is 16.9 Å². The molecule has 1 aromatic heterocycles. The topological polar surface area (TPSA) is 42.7 Å². The Morgan fingerprint density at radius 1 is 1.00 bits per heavy atom. The van der Waals surface area contributed by atoms with Crippen molar-refractivity contribution < 1.29 is 9.15 Å². The first kappa shape index (κ1) is 18.9. The van der Waals surface area contributed by atoms with Gasteiger partial charge in [0.25, 0.3) is 0 Å². The summed E-state index contributed by atoms with van der Waals surface area (Å²) in [6, 6.07) is 21.3. The second kappa shape index (κ2) is 7.63. The van der Waals surface area contributed by atoms with E-state index in [1.807, 2.05) is 36.4 Å². The fourth-order valence-electron chi connectivity index (χ4n) is 3.95. The lowest BCUT2D eigenvalue weighted by Gasteiger charge is -2.34. The van der Waals surface area contributed by atoms with E-state index in [1.54, 1.807) is 18.2 Å². The van der Waals surface area contributed by atoms with Gasteiger partial charge in [0.15, 0.2) is 0 Å². The van der Waals surface area contributed by atoms with Crippen LogP contribution in [-0.4, -0.2) is 11.6 Å². The van der Waals surface area contributed by atoms with Gasteiger partial charge in [0.1, 0.15) is 24.3 Å². The average molecular weight is 418 g/mol. The van der Waals surface area contributed by atoms with Crippen molar-refractivity contribution in [1.29, 1.82) is 0 Å². The Morgan fingerprint density at radius 2 is 1.77 bits per heavy atom. The van der Waals surface area contributed by atoms with Crippen LogP contribution in [0.5, 0.6) is 5.75 Å². The van der Waals surface area contributed by atoms with Crippen LogP contribution in [-0.2, 0) is 6.54 Å². The molecule has 1 atom stereocenters. The normalized spacial score (nSPS) is 14.9. The van der Waals surface area contributed by atoms with Gasteiger partial charge in [-0.1, -0.05) is 54.1 Å². The largest absolute Gasteiger partial charge is 0.478 e. The molecular weight excluding hydrogens is 398 g/mol. The maximum Gasteiger partial charge on any atom is 0.200 e. The van der Waals surface area contributed by atoms with Crippen LogP contribution in [0.2, 0.25) is 5.02 Å². The minimum Gasteiger partial charge on any atom is -0.478 e. The third-order valence-electron chi connectivity index (χ3n) is 5.73. The van der Waals surface area contributed by atoms with Crippen molar-refractivity contribution >= 4 is 22.6 Å². The van der Waals surface area contributed by atoms with Crippen molar-refractivity contribution in [1.82, 2.24) is 4.90 Å². The van der Waals surface area contributed by atoms with E-state index in [-0.39, 0.29) is 11.5 Å². The van der Waals surface area contributed by atoms with Crippen molar-refractivity contribution in [2.24, 2.45) is 0 Å². The highest BCUT2D eigenvalue weighted by molar-refractivity contribution is 6.30. The van der Waals surface area contributed by atoms with Gasteiger partial charge in [0.2, 0.25) is 5.43 Å². The third-order valence-corrected chi connectivity index (χ3v) is 5.99. The molecule has 1 unspecified atom stereocenters. The first-order chi connectivity index (χ1) is 14.6. The fourth-order valence-corrected chi connectivity index (χ4v) is 4.07. The predicted molar refractivity (Wildman–Crippen MR) is 119 cm³/mol. The summed E-state index contributed by atoms with van der Waals surface area (Å²) in [5, 5.41) is 1.18. The van der Waals surface area contributed by atoms with Crippen LogP contribution in [0.4, 0.5) is 0 Å². The average Bonchev–Trinajstić information content (AvgIpc) is 2.79. The van der Waals surface area contributed by atoms with Crippen LogP contribution in [0.25, 0.3) is 22.1 Å². The molecule has 2 heterocycles. The summed E-state index contributed by atoms with van der Waals surface area (Å²) in [4.78, 5) is 15.4. The monoisotopic (exact) mass is 417 g/mol. The Balaban J connectivity index is 1.55. The zero-order valence-corrected chi connectivity index (χ0v) is 17.2. The summed E-state index contributed by atoms with van der Waals surface area (Å²) < 4.78 is 12.0. The molecule has 0 aliphatic carbocycles. The van der Waals surface area contributed by atoms with Crippen LogP contribution in [0, 0.1) is 0 Å². The van der Waals surface area contributed by atoms with Gasteiger partial charge >= 0.3 is 0 Å². The molecule has 0 radical (unpaired) electrons. The quantitative estimate of drug-likeness (QED) is 0.408. The van der Waals surface area contributed by atoms with E-state index < -0.39 is 0 Å². The Labute approximate surface area is 179 Å². The minimum atomic E-state index is -0.0606. The second-order valence-corrected chi connectivity index (χ2v) is 7.95. The summed E-state index contributed by atoms with van der Waals surface area (Å²) in [5.41, 5.74) is 3.95. The lowest BCUT2D eigenvalue weighted by Crippen LogP contribution is -2.34. The SMILES string of the molecule is CC(c1ccccc1)N1COc2ccc3c(=O)c(-c4ccc(Cl)cc4)coc3c2C1. The van der Waals surface area contributed by atoms with Crippen LogP contribution < -0.4 is 10.2 Å². The van der Waals surface area contributed by atoms with E-state index in [1.165, 1.54) is 11.8 Å². The molecule has 1 aliphatic heterocycles. The molecule has 30 heavy (non-hydrogen) atoms.